The Morgan fingerprint density at radius 1 is 1.03 bits per heavy atom. The first kappa shape index (κ1) is 28.3. The average Bonchev–Trinajstić information content (AvgIpc) is 3.15. The smallest absolute Gasteiger partial charge is 0.295 e. The van der Waals surface area contributed by atoms with Crippen LogP contribution in [0.1, 0.15) is 63.1 Å². The molecule has 8 nitrogen and oxygen atoms in total. The van der Waals surface area contributed by atoms with E-state index in [9.17, 15) is 24.8 Å². The minimum Gasteiger partial charge on any atom is -0.507 e. The van der Waals surface area contributed by atoms with Gasteiger partial charge in [-0.2, -0.15) is 0 Å². The number of non-ortho nitro benzene ring substituents is 1. The summed E-state index contributed by atoms with van der Waals surface area (Å²) < 4.78 is 0. The number of likely N-dealkylation sites (tertiary alicyclic amines) is 1. The average molecular weight is 528 g/mol. The van der Waals surface area contributed by atoms with Crippen molar-refractivity contribution in [3.8, 4) is 0 Å². The molecule has 1 aliphatic heterocycles. The zero-order valence-electron chi connectivity index (χ0n) is 21.4. The quantitative estimate of drug-likeness (QED) is 0.113. The summed E-state index contributed by atoms with van der Waals surface area (Å²) in [7, 11) is 0. The van der Waals surface area contributed by atoms with Gasteiger partial charge in [0.15, 0.2) is 0 Å². The van der Waals surface area contributed by atoms with Crippen molar-refractivity contribution in [3.63, 3.8) is 0 Å². The van der Waals surface area contributed by atoms with E-state index in [-0.39, 0.29) is 23.6 Å². The van der Waals surface area contributed by atoms with Crippen LogP contribution in [0.2, 0.25) is 5.02 Å². The number of aliphatic hydroxyl groups is 1. The summed E-state index contributed by atoms with van der Waals surface area (Å²) in [5, 5.41) is 23.0. The molecule has 1 amide bonds. The van der Waals surface area contributed by atoms with Crippen LogP contribution < -0.4 is 0 Å². The number of hydrogen-bond donors (Lipinski definition) is 1. The van der Waals surface area contributed by atoms with E-state index >= 15 is 0 Å². The Bertz CT molecular complexity index is 1140. The number of carbonyl (C=O) groups excluding carboxylic acids is 2. The molecule has 0 aromatic heterocycles. The third-order valence-corrected chi connectivity index (χ3v) is 6.84. The van der Waals surface area contributed by atoms with Gasteiger partial charge >= 0.3 is 0 Å². The van der Waals surface area contributed by atoms with Crippen molar-refractivity contribution in [2.45, 2.75) is 52.0 Å². The summed E-state index contributed by atoms with van der Waals surface area (Å²) in [4.78, 5) is 41.1. The van der Waals surface area contributed by atoms with E-state index in [1.54, 1.807) is 30.3 Å². The number of nitro groups is 1. The molecule has 1 heterocycles. The predicted molar refractivity (Wildman–Crippen MR) is 144 cm³/mol. The first-order chi connectivity index (χ1) is 17.8. The van der Waals surface area contributed by atoms with Crippen molar-refractivity contribution in [1.82, 2.24) is 9.80 Å². The van der Waals surface area contributed by atoms with E-state index in [4.69, 9.17) is 11.6 Å². The second kappa shape index (κ2) is 13.4. The fraction of sp³-hybridized carbons (Fsp3) is 0.429. The number of hydrogen-bond acceptors (Lipinski definition) is 6. The molecule has 37 heavy (non-hydrogen) atoms. The molecular formula is C28H34ClN3O5. The van der Waals surface area contributed by atoms with E-state index in [1.165, 1.54) is 23.1 Å². The minimum atomic E-state index is -0.935. The van der Waals surface area contributed by atoms with E-state index < -0.39 is 22.7 Å². The fourth-order valence-corrected chi connectivity index (χ4v) is 4.72. The van der Waals surface area contributed by atoms with Gasteiger partial charge in [0.2, 0.25) is 0 Å². The van der Waals surface area contributed by atoms with Gasteiger partial charge in [-0.1, -0.05) is 50.4 Å². The number of benzene rings is 2. The zero-order valence-corrected chi connectivity index (χ0v) is 22.1. The third-order valence-electron chi connectivity index (χ3n) is 6.58. The SMILES string of the molecule is CCCCN(CCCC)CCCN1C(=O)C(=O)/C(=C(\O)c2ccc(Cl)cc2)C1c1cccc([N+](=O)[O-])c1. The predicted octanol–water partition coefficient (Wildman–Crippen LogP) is 5.96. The summed E-state index contributed by atoms with van der Waals surface area (Å²) in [6.07, 6.45) is 4.99. The second-order valence-corrected chi connectivity index (χ2v) is 9.69. The Balaban J connectivity index is 1.96. The van der Waals surface area contributed by atoms with Crippen LogP contribution >= 0.6 is 11.6 Å². The van der Waals surface area contributed by atoms with Crippen LogP contribution in [0.3, 0.4) is 0 Å². The van der Waals surface area contributed by atoms with Gasteiger partial charge in [-0.15, -0.1) is 0 Å². The van der Waals surface area contributed by atoms with Crippen LogP contribution in [-0.2, 0) is 9.59 Å². The highest BCUT2D eigenvalue weighted by Gasteiger charge is 2.46. The molecule has 2 aromatic rings. The van der Waals surface area contributed by atoms with Crippen molar-refractivity contribution in [2.75, 3.05) is 26.2 Å². The lowest BCUT2D eigenvalue weighted by molar-refractivity contribution is -0.384. The zero-order chi connectivity index (χ0) is 26.9. The van der Waals surface area contributed by atoms with Crippen LogP contribution in [-0.4, -0.2) is 57.7 Å². The van der Waals surface area contributed by atoms with Gasteiger partial charge < -0.3 is 14.9 Å². The summed E-state index contributed by atoms with van der Waals surface area (Å²) in [6, 6.07) is 11.2. The van der Waals surface area contributed by atoms with E-state index in [0.717, 1.165) is 45.3 Å². The van der Waals surface area contributed by atoms with Gasteiger partial charge in [0.05, 0.1) is 16.5 Å². The number of ketones is 1. The number of halogens is 1. The lowest BCUT2D eigenvalue weighted by atomic mass is 9.95. The summed E-state index contributed by atoms with van der Waals surface area (Å²) in [5.41, 5.74) is 0.502. The highest BCUT2D eigenvalue weighted by atomic mass is 35.5. The first-order valence-electron chi connectivity index (χ1n) is 12.8. The van der Waals surface area contributed by atoms with Crippen LogP contribution in [0.4, 0.5) is 5.69 Å². The van der Waals surface area contributed by atoms with Gasteiger partial charge in [0.25, 0.3) is 17.4 Å². The van der Waals surface area contributed by atoms with Crippen LogP contribution in [0.15, 0.2) is 54.1 Å². The Kier molecular flexibility index (Phi) is 10.2. The summed E-state index contributed by atoms with van der Waals surface area (Å²) in [5.74, 6) is -1.86. The molecule has 1 atom stereocenters. The van der Waals surface area contributed by atoms with E-state index in [0.29, 0.717) is 22.6 Å². The van der Waals surface area contributed by atoms with Crippen LogP contribution in [0, 0.1) is 10.1 Å². The number of nitrogens with zero attached hydrogens (tertiary/aromatic N) is 3. The largest absolute Gasteiger partial charge is 0.507 e. The van der Waals surface area contributed by atoms with Gasteiger partial charge in [0, 0.05) is 29.3 Å². The van der Waals surface area contributed by atoms with Crippen LogP contribution in [0.25, 0.3) is 5.76 Å². The molecule has 1 aliphatic rings. The molecule has 1 unspecified atom stereocenters. The van der Waals surface area contributed by atoms with Gasteiger partial charge in [-0.25, -0.2) is 0 Å². The second-order valence-electron chi connectivity index (χ2n) is 9.25. The molecule has 1 N–H and O–H groups in total. The van der Waals surface area contributed by atoms with Crippen molar-refractivity contribution >= 4 is 34.7 Å². The molecule has 0 radical (unpaired) electrons. The maximum absolute atomic E-state index is 13.2. The first-order valence-corrected chi connectivity index (χ1v) is 13.2. The molecule has 198 valence electrons. The molecule has 0 spiro atoms. The third kappa shape index (κ3) is 6.96. The number of Topliss-reactive ketones (excluding diaryl/α,β-unsaturated/α-hetero) is 1. The molecular weight excluding hydrogens is 494 g/mol. The number of nitro benzene ring substituents is 1. The molecule has 3 rings (SSSR count). The molecule has 0 bridgehead atoms. The summed E-state index contributed by atoms with van der Waals surface area (Å²) >= 11 is 5.97. The van der Waals surface area contributed by atoms with Gasteiger partial charge in [-0.05, 0) is 68.7 Å². The Hall–Kier alpha value is -3.23. The number of unbranched alkanes of at least 4 members (excludes halogenated alkanes) is 2. The standard InChI is InChI=1S/C28H34ClN3O5/c1-3-5-15-30(16-6-4-2)17-8-18-31-25(21-9-7-10-23(19-21)32(36)37)24(27(34)28(31)35)26(33)20-11-13-22(29)14-12-20/h7,9-14,19,25,33H,3-6,8,15-18H2,1-2H3/b26-24-. The number of aliphatic hydroxyl groups excluding tert-OH is 1. The van der Waals surface area contributed by atoms with Crippen LogP contribution in [0.5, 0.6) is 0 Å². The van der Waals surface area contributed by atoms with Crippen molar-refractivity contribution in [1.29, 1.82) is 0 Å². The molecule has 1 saturated heterocycles. The number of carbonyl (C=O) groups is 2. The van der Waals surface area contributed by atoms with Gasteiger partial charge in [-0.3, -0.25) is 19.7 Å². The lowest BCUT2D eigenvalue weighted by Gasteiger charge is -2.27. The van der Waals surface area contributed by atoms with Crippen molar-refractivity contribution < 1.29 is 19.6 Å². The lowest BCUT2D eigenvalue weighted by Crippen LogP contribution is -2.34. The highest BCUT2D eigenvalue weighted by Crippen LogP contribution is 2.40. The number of amides is 1. The Morgan fingerprint density at radius 3 is 2.24 bits per heavy atom. The highest BCUT2D eigenvalue weighted by molar-refractivity contribution is 6.46. The molecule has 0 aliphatic carbocycles. The normalized spacial score (nSPS) is 17.1. The van der Waals surface area contributed by atoms with E-state index in [2.05, 4.69) is 18.7 Å². The monoisotopic (exact) mass is 527 g/mol. The maximum Gasteiger partial charge on any atom is 0.295 e. The summed E-state index contributed by atoms with van der Waals surface area (Å²) in [6.45, 7) is 7.29. The Morgan fingerprint density at radius 2 is 1.65 bits per heavy atom. The Labute approximate surface area is 222 Å². The fourth-order valence-electron chi connectivity index (χ4n) is 4.59. The van der Waals surface area contributed by atoms with Crippen molar-refractivity contribution in [3.05, 3.63) is 80.4 Å². The van der Waals surface area contributed by atoms with Crippen molar-refractivity contribution in [2.24, 2.45) is 0 Å². The molecule has 1 fully saturated rings. The minimum absolute atomic E-state index is 0.0818. The topological polar surface area (TPSA) is 104 Å². The molecule has 0 saturated carbocycles. The van der Waals surface area contributed by atoms with E-state index in [1.807, 2.05) is 0 Å². The molecule has 9 heteroatoms. The molecule has 2 aromatic carbocycles. The number of rotatable bonds is 13. The maximum atomic E-state index is 13.2. The van der Waals surface area contributed by atoms with Gasteiger partial charge in [0.1, 0.15) is 5.76 Å².